The lowest BCUT2D eigenvalue weighted by molar-refractivity contribution is -0.111. The topological polar surface area (TPSA) is 142 Å². The fraction of sp³-hybridized carbons (Fsp3) is 0.324. The number of nitrogens with zero attached hydrogens (tertiary/aromatic N) is 6. The van der Waals surface area contributed by atoms with Crippen molar-refractivity contribution in [2.24, 2.45) is 0 Å². The minimum absolute atomic E-state index is 0.00167. The molecule has 12 nitrogen and oxygen atoms in total. The highest BCUT2D eigenvalue weighted by molar-refractivity contribution is 6.00. The Morgan fingerprint density at radius 3 is 2.30 bits per heavy atom. The van der Waals surface area contributed by atoms with E-state index in [1.165, 1.54) is 13.0 Å². The van der Waals surface area contributed by atoms with Crippen LogP contribution in [0.1, 0.15) is 64.9 Å². The molecule has 1 saturated carbocycles. The van der Waals surface area contributed by atoms with E-state index in [2.05, 4.69) is 32.1 Å². The summed E-state index contributed by atoms with van der Waals surface area (Å²) in [5.74, 6) is 0.258. The number of hydrogen-bond donors (Lipinski definition) is 2. The van der Waals surface area contributed by atoms with Crippen molar-refractivity contribution in [1.82, 2.24) is 24.4 Å². The third kappa shape index (κ3) is 6.10. The zero-order chi connectivity index (χ0) is 32.4. The van der Waals surface area contributed by atoms with Crippen LogP contribution in [0.4, 0.5) is 23.1 Å². The molecule has 0 radical (unpaired) electrons. The summed E-state index contributed by atoms with van der Waals surface area (Å²) < 4.78 is 1.69. The molecule has 1 aliphatic heterocycles. The number of anilines is 4. The van der Waals surface area contributed by atoms with Crippen molar-refractivity contribution in [3.05, 3.63) is 88.5 Å². The Morgan fingerprint density at radius 1 is 0.957 bits per heavy atom. The molecular weight excluding hydrogens is 584 g/mol. The van der Waals surface area contributed by atoms with E-state index >= 15 is 0 Å². The van der Waals surface area contributed by atoms with Crippen molar-refractivity contribution in [2.45, 2.75) is 45.6 Å². The summed E-state index contributed by atoms with van der Waals surface area (Å²) in [7, 11) is 0. The largest absolute Gasteiger partial charge is 0.367 e. The van der Waals surface area contributed by atoms with E-state index in [-0.39, 0.29) is 34.8 Å². The second-order valence-electron chi connectivity index (χ2n) is 11.7. The Balaban J connectivity index is 1.12. The van der Waals surface area contributed by atoms with Gasteiger partial charge in [0.1, 0.15) is 11.5 Å². The molecule has 1 aliphatic carbocycles. The molecule has 2 N–H and O–H groups in total. The lowest BCUT2D eigenvalue weighted by atomic mass is 10.0. The highest BCUT2D eigenvalue weighted by atomic mass is 16.2. The van der Waals surface area contributed by atoms with Gasteiger partial charge in [0, 0.05) is 55.1 Å². The Labute approximate surface area is 266 Å². The quantitative estimate of drug-likeness (QED) is 0.213. The van der Waals surface area contributed by atoms with E-state index in [9.17, 15) is 19.2 Å². The second kappa shape index (κ2) is 12.9. The summed E-state index contributed by atoms with van der Waals surface area (Å²) in [5, 5.41) is 6.53. The molecule has 4 aromatic rings. The minimum atomic E-state index is -0.304. The number of carbonyl (C=O) groups is 3. The van der Waals surface area contributed by atoms with E-state index in [0.717, 1.165) is 31.4 Å². The summed E-state index contributed by atoms with van der Waals surface area (Å²) in [4.78, 5) is 68.2. The van der Waals surface area contributed by atoms with Crippen LogP contribution in [0.2, 0.25) is 0 Å². The minimum Gasteiger partial charge on any atom is -0.367 e. The molecule has 0 spiro atoms. The fourth-order valence-corrected chi connectivity index (χ4v) is 6.31. The van der Waals surface area contributed by atoms with Gasteiger partial charge in [-0.25, -0.2) is 9.97 Å². The maximum atomic E-state index is 13.5. The number of rotatable bonds is 8. The molecule has 1 saturated heterocycles. The number of aryl methyl sites for hydroxylation is 1. The number of piperazine rings is 1. The summed E-state index contributed by atoms with van der Waals surface area (Å²) in [5.41, 5.74) is 3.14. The van der Waals surface area contributed by atoms with Crippen molar-refractivity contribution in [2.75, 3.05) is 41.7 Å². The number of amides is 2. The van der Waals surface area contributed by atoms with Crippen molar-refractivity contribution >= 4 is 51.8 Å². The van der Waals surface area contributed by atoms with Gasteiger partial charge in [-0.15, -0.1) is 0 Å². The van der Waals surface area contributed by atoms with Crippen LogP contribution in [-0.2, 0) is 4.79 Å². The molecule has 2 amide bonds. The standard InChI is InChI=1S/C34H36N8O4/c1-4-29(44)37-24-11-9-23(10-12-24)32(45)41-17-15-40(16-18-41)26-13-14-28(35-19-26)38-34-36-20-27-21(2)30(22(3)43)33(46)42(31(27)39-34)25-7-5-6-8-25/h4,9-14,19-20,25H,1,5-8,15-18H2,2-3H3,(H,37,44)(H,35,36,38,39). The number of hydrogen-bond acceptors (Lipinski definition) is 9. The van der Waals surface area contributed by atoms with Crippen LogP contribution in [0.25, 0.3) is 11.0 Å². The molecule has 0 unspecified atom stereocenters. The number of nitrogens with one attached hydrogen (secondary N) is 2. The SMILES string of the molecule is C=CC(=O)Nc1ccc(C(=O)N2CCN(c3ccc(Nc4ncc5c(C)c(C(C)=O)c(=O)n(C6CCCC6)c5n4)nc3)CC2)cc1. The predicted octanol–water partition coefficient (Wildman–Crippen LogP) is 4.64. The zero-order valence-corrected chi connectivity index (χ0v) is 26.0. The average molecular weight is 621 g/mol. The van der Waals surface area contributed by atoms with Gasteiger partial charge in [-0.3, -0.25) is 23.7 Å². The Morgan fingerprint density at radius 2 is 1.67 bits per heavy atom. The van der Waals surface area contributed by atoms with Crippen LogP contribution in [0.15, 0.2) is 66.2 Å². The molecule has 2 fully saturated rings. The van der Waals surface area contributed by atoms with Gasteiger partial charge >= 0.3 is 0 Å². The van der Waals surface area contributed by atoms with E-state index in [1.54, 1.807) is 48.1 Å². The number of benzene rings is 1. The monoisotopic (exact) mass is 620 g/mol. The van der Waals surface area contributed by atoms with Gasteiger partial charge in [0.15, 0.2) is 5.78 Å². The Bertz CT molecular complexity index is 1870. The summed E-state index contributed by atoms with van der Waals surface area (Å²) >= 11 is 0. The first-order valence-electron chi connectivity index (χ1n) is 15.5. The first-order valence-corrected chi connectivity index (χ1v) is 15.5. The Kier molecular flexibility index (Phi) is 8.60. The molecule has 6 rings (SSSR count). The molecule has 0 atom stereocenters. The summed E-state index contributed by atoms with van der Waals surface area (Å²) in [6.45, 7) is 9.07. The first kappa shape index (κ1) is 30.6. The third-order valence-corrected chi connectivity index (χ3v) is 8.75. The van der Waals surface area contributed by atoms with Gasteiger partial charge in [0.05, 0.1) is 17.4 Å². The van der Waals surface area contributed by atoms with Crippen LogP contribution in [0.3, 0.4) is 0 Å². The van der Waals surface area contributed by atoms with Gasteiger partial charge in [-0.05, 0) is 74.7 Å². The lowest BCUT2D eigenvalue weighted by Gasteiger charge is -2.36. The normalized spacial score (nSPS) is 15.2. The third-order valence-electron chi connectivity index (χ3n) is 8.75. The van der Waals surface area contributed by atoms with Gasteiger partial charge in [0.2, 0.25) is 11.9 Å². The highest BCUT2D eigenvalue weighted by Crippen LogP contribution is 2.32. The van der Waals surface area contributed by atoms with Gasteiger partial charge in [-0.2, -0.15) is 4.98 Å². The van der Waals surface area contributed by atoms with Crippen LogP contribution in [0.5, 0.6) is 0 Å². The predicted molar refractivity (Wildman–Crippen MR) is 177 cm³/mol. The lowest BCUT2D eigenvalue weighted by Crippen LogP contribution is -2.48. The van der Waals surface area contributed by atoms with E-state index in [0.29, 0.717) is 65.8 Å². The zero-order valence-electron chi connectivity index (χ0n) is 26.0. The maximum Gasteiger partial charge on any atom is 0.263 e. The fourth-order valence-electron chi connectivity index (χ4n) is 6.31. The molecule has 1 aromatic carbocycles. The van der Waals surface area contributed by atoms with Crippen molar-refractivity contribution < 1.29 is 14.4 Å². The van der Waals surface area contributed by atoms with Gasteiger partial charge in [-0.1, -0.05) is 19.4 Å². The summed E-state index contributed by atoms with van der Waals surface area (Å²) in [6, 6.07) is 10.6. The molecule has 0 bridgehead atoms. The number of pyridine rings is 2. The molecule has 46 heavy (non-hydrogen) atoms. The van der Waals surface area contributed by atoms with E-state index in [4.69, 9.17) is 4.98 Å². The molecular formula is C34H36N8O4. The molecule has 236 valence electrons. The Hall–Kier alpha value is -5.39. The molecule has 4 heterocycles. The first-order chi connectivity index (χ1) is 22.2. The number of fused-ring (bicyclic) bond motifs is 1. The number of Topliss-reactive ketones (excluding diaryl/α,β-unsaturated/α-hetero) is 1. The second-order valence-corrected chi connectivity index (χ2v) is 11.7. The van der Waals surface area contributed by atoms with Crippen LogP contribution < -0.4 is 21.1 Å². The highest BCUT2D eigenvalue weighted by Gasteiger charge is 2.26. The summed E-state index contributed by atoms with van der Waals surface area (Å²) in [6.07, 6.45) is 8.45. The van der Waals surface area contributed by atoms with Crippen molar-refractivity contribution in [1.29, 1.82) is 0 Å². The molecule has 3 aromatic heterocycles. The van der Waals surface area contributed by atoms with Crippen LogP contribution in [-0.4, -0.2) is 68.2 Å². The number of ketones is 1. The molecule has 2 aliphatic rings. The van der Waals surface area contributed by atoms with Crippen molar-refractivity contribution in [3.63, 3.8) is 0 Å². The van der Waals surface area contributed by atoms with E-state index in [1.807, 2.05) is 17.0 Å². The number of aromatic nitrogens is 4. The van der Waals surface area contributed by atoms with Gasteiger partial charge < -0.3 is 20.4 Å². The smallest absolute Gasteiger partial charge is 0.263 e. The van der Waals surface area contributed by atoms with Crippen LogP contribution in [0, 0.1) is 6.92 Å². The van der Waals surface area contributed by atoms with Gasteiger partial charge in [0.25, 0.3) is 11.5 Å². The molecule has 12 heteroatoms. The maximum absolute atomic E-state index is 13.5. The average Bonchev–Trinajstić information content (AvgIpc) is 3.59. The number of carbonyl (C=O) groups excluding carboxylic acids is 3. The van der Waals surface area contributed by atoms with Crippen LogP contribution >= 0.6 is 0 Å². The van der Waals surface area contributed by atoms with Crippen molar-refractivity contribution in [3.8, 4) is 0 Å². The van der Waals surface area contributed by atoms with E-state index < -0.39 is 0 Å².